The van der Waals surface area contributed by atoms with Crippen molar-refractivity contribution in [2.45, 2.75) is 13.8 Å². The zero-order chi connectivity index (χ0) is 17.6. The van der Waals surface area contributed by atoms with Crippen molar-refractivity contribution in [2.24, 2.45) is 0 Å². The summed E-state index contributed by atoms with van der Waals surface area (Å²) in [4.78, 5) is 24.4. The molecule has 25 heavy (non-hydrogen) atoms. The highest BCUT2D eigenvalue weighted by Crippen LogP contribution is 2.31. The average Bonchev–Trinajstić information content (AvgIpc) is 2.97. The molecule has 0 unspecified atom stereocenters. The third-order valence-electron chi connectivity index (χ3n) is 4.23. The van der Waals surface area contributed by atoms with Crippen LogP contribution in [-0.2, 0) is 0 Å². The number of nitrogens with zero attached hydrogens (tertiary/aromatic N) is 1. The molecule has 0 atom stereocenters. The van der Waals surface area contributed by atoms with E-state index in [9.17, 15) is 9.59 Å². The van der Waals surface area contributed by atoms with E-state index in [1.54, 1.807) is 32.0 Å². The number of aryl methyl sites for hydroxylation is 1. The molecule has 0 spiro atoms. The maximum absolute atomic E-state index is 12.5. The highest BCUT2D eigenvalue weighted by atomic mass is 16.5. The summed E-state index contributed by atoms with van der Waals surface area (Å²) in [7, 11) is 0. The van der Waals surface area contributed by atoms with Crippen LogP contribution in [0, 0.1) is 13.8 Å². The van der Waals surface area contributed by atoms with Crippen LogP contribution in [0.15, 0.2) is 51.7 Å². The van der Waals surface area contributed by atoms with Crippen LogP contribution < -0.4 is 10.3 Å². The molecule has 2 aromatic carbocycles. The van der Waals surface area contributed by atoms with E-state index in [1.165, 1.54) is 0 Å². The molecule has 0 radical (unpaired) electrons. The van der Waals surface area contributed by atoms with Crippen molar-refractivity contribution in [3.8, 4) is 5.75 Å². The lowest BCUT2D eigenvalue weighted by Gasteiger charge is -2.07. The maximum atomic E-state index is 12.5. The monoisotopic (exact) mass is 334 g/mol. The molecular weight excluding hydrogens is 320 g/mol. The predicted octanol–water partition coefficient (Wildman–Crippen LogP) is 3.51. The first-order chi connectivity index (χ1) is 12.0. The normalized spacial score (nSPS) is 11.1. The molecule has 124 valence electrons. The van der Waals surface area contributed by atoms with Gasteiger partial charge in [0.05, 0.1) is 5.69 Å². The third kappa shape index (κ3) is 2.48. The molecule has 2 aromatic heterocycles. The van der Waals surface area contributed by atoms with Crippen molar-refractivity contribution in [3.63, 3.8) is 0 Å². The van der Waals surface area contributed by atoms with Crippen LogP contribution >= 0.6 is 0 Å². The molecule has 0 aliphatic carbocycles. The summed E-state index contributed by atoms with van der Waals surface area (Å²) < 4.78 is 11.2. The number of benzene rings is 2. The molecule has 1 N–H and O–H groups in total. The van der Waals surface area contributed by atoms with Gasteiger partial charge >= 0.3 is 5.97 Å². The Balaban J connectivity index is 1.76. The molecule has 0 aliphatic rings. The van der Waals surface area contributed by atoms with Gasteiger partial charge in [-0.05, 0) is 43.7 Å². The standard InChI is InChI=1S/C19H14N2O4/c1-10-11(2)20-21-18(22)17(10)19(23)24-12-7-8-16-14(9-12)13-5-3-4-6-15(13)25-16/h3-9H,1-2H3,(H,21,22). The quantitative estimate of drug-likeness (QED) is 0.448. The summed E-state index contributed by atoms with van der Waals surface area (Å²) in [5, 5.41) is 7.92. The number of H-pyrrole nitrogens is 1. The lowest BCUT2D eigenvalue weighted by atomic mass is 10.1. The van der Waals surface area contributed by atoms with Crippen molar-refractivity contribution in [1.82, 2.24) is 10.2 Å². The number of ether oxygens (including phenoxy) is 1. The Bertz CT molecular complexity index is 1190. The molecule has 0 fully saturated rings. The minimum atomic E-state index is -0.712. The Morgan fingerprint density at radius 2 is 1.84 bits per heavy atom. The van der Waals surface area contributed by atoms with Crippen molar-refractivity contribution < 1.29 is 13.9 Å². The molecule has 0 saturated carbocycles. The summed E-state index contributed by atoms with van der Waals surface area (Å²) in [5.41, 5.74) is 1.94. The van der Waals surface area contributed by atoms with E-state index >= 15 is 0 Å². The molecular formula is C19H14N2O4. The van der Waals surface area contributed by atoms with E-state index in [2.05, 4.69) is 10.2 Å². The molecule has 6 heteroatoms. The van der Waals surface area contributed by atoms with Crippen LogP contribution in [0.3, 0.4) is 0 Å². The summed E-state index contributed by atoms with van der Waals surface area (Å²) in [5.74, 6) is -0.367. The van der Waals surface area contributed by atoms with E-state index < -0.39 is 11.5 Å². The first-order valence-corrected chi connectivity index (χ1v) is 7.74. The number of fused-ring (bicyclic) bond motifs is 3. The van der Waals surface area contributed by atoms with E-state index in [4.69, 9.17) is 9.15 Å². The highest BCUT2D eigenvalue weighted by molar-refractivity contribution is 6.05. The van der Waals surface area contributed by atoms with Crippen LogP contribution in [-0.4, -0.2) is 16.2 Å². The summed E-state index contributed by atoms with van der Waals surface area (Å²) in [6.45, 7) is 3.38. The number of carbonyl (C=O) groups is 1. The molecule has 4 aromatic rings. The molecule has 0 amide bonds. The van der Waals surface area contributed by atoms with Crippen LogP contribution in [0.2, 0.25) is 0 Å². The second-order valence-electron chi connectivity index (χ2n) is 5.78. The fourth-order valence-corrected chi connectivity index (χ4v) is 2.80. The number of nitrogens with one attached hydrogen (secondary N) is 1. The zero-order valence-corrected chi connectivity index (χ0v) is 13.6. The summed E-state index contributed by atoms with van der Waals surface area (Å²) in [6.07, 6.45) is 0. The number of aromatic amines is 1. The van der Waals surface area contributed by atoms with Crippen molar-refractivity contribution in [3.05, 3.63) is 69.6 Å². The van der Waals surface area contributed by atoms with Crippen LogP contribution in [0.1, 0.15) is 21.6 Å². The zero-order valence-electron chi connectivity index (χ0n) is 13.6. The predicted molar refractivity (Wildman–Crippen MR) is 93.0 cm³/mol. The van der Waals surface area contributed by atoms with Crippen LogP contribution in [0.4, 0.5) is 0 Å². The van der Waals surface area contributed by atoms with Crippen LogP contribution in [0.25, 0.3) is 21.9 Å². The number of hydrogen-bond acceptors (Lipinski definition) is 5. The van der Waals surface area contributed by atoms with Crippen LogP contribution in [0.5, 0.6) is 5.75 Å². The second kappa shape index (κ2) is 5.59. The molecule has 6 nitrogen and oxygen atoms in total. The summed E-state index contributed by atoms with van der Waals surface area (Å²) >= 11 is 0. The maximum Gasteiger partial charge on any atom is 0.349 e. The fourth-order valence-electron chi connectivity index (χ4n) is 2.80. The first kappa shape index (κ1) is 15.1. The Kier molecular flexibility index (Phi) is 3.39. The molecule has 0 saturated heterocycles. The number of esters is 1. The van der Waals surface area contributed by atoms with Gasteiger partial charge in [-0.25, -0.2) is 9.89 Å². The molecule has 2 heterocycles. The van der Waals surface area contributed by atoms with Gasteiger partial charge in [-0.2, -0.15) is 5.10 Å². The van der Waals surface area contributed by atoms with Gasteiger partial charge in [0, 0.05) is 10.8 Å². The van der Waals surface area contributed by atoms with E-state index in [0.29, 0.717) is 22.6 Å². The fraction of sp³-hybridized carbons (Fsp3) is 0.105. The van der Waals surface area contributed by atoms with Crippen molar-refractivity contribution in [1.29, 1.82) is 0 Å². The lowest BCUT2D eigenvalue weighted by molar-refractivity contribution is 0.0732. The lowest BCUT2D eigenvalue weighted by Crippen LogP contribution is -2.25. The number of rotatable bonds is 2. The van der Waals surface area contributed by atoms with E-state index in [-0.39, 0.29) is 5.56 Å². The van der Waals surface area contributed by atoms with E-state index in [0.717, 1.165) is 16.4 Å². The van der Waals surface area contributed by atoms with Crippen molar-refractivity contribution in [2.75, 3.05) is 0 Å². The minimum absolute atomic E-state index is 0.0374. The topological polar surface area (TPSA) is 85.2 Å². The third-order valence-corrected chi connectivity index (χ3v) is 4.23. The Morgan fingerprint density at radius 3 is 2.68 bits per heavy atom. The van der Waals surface area contributed by atoms with Gasteiger partial charge in [0.25, 0.3) is 5.56 Å². The SMILES string of the molecule is Cc1n[nH]c(=O)c(C(=O)Oc2ccc3oc4ccccc4c3c2)c1C. The average molecular weight is 334 g/mol. The minimum Gasteiger partial charge on any atom is -0.456 e. The molecule has 0 aliphatic heterocycles. The van der Waals surface area contributed by atoms with Gasteiger partial charge in [-0.1, -0.05) is 18.2 Å². The molecule has 0 bridgehead atoms. The number of carbonyl (C=O) groups excluding carboxylic acids is 1. The van der Waals surface area contributed by atoms with Gasteiger partial charge < -0.3 is 9.15 Å². The number of aromatic nitrogens is 2. The first-order valence-electron chi connectivity index (χ1n) is 7.74. The van der Waals surface area contributed by atoms with Gasteiger partial charge in [0.1, 0.15) is 22.5 Å². The largest absolute Gasteiger partial charge is 0.456 e. The number of furan rings is 1. The van der Waals surface area contributed by atoms with Gasteiger partial charge in [0.15, 0.2) is 0 Å². The molecule has 4 rings (SSSR count). The van der Waals surface area contributed by atoms with Gasteiger partial charge in [0.2, 0.25) is 0 Å². The second-order valence-corrected chi connectivity index (χ2v) is 5.78. The van der Waals surface area contributed by atoms with Crippen molar-refractivity contribution >= 4 is 27.9 Å². The van der Waals surface area contributed by atoms with Gasteiger partial charge in [-0.3, -0.25) is 4.79 Å². The van der Waals surface area contributed by atoms with E-state index in [1.807, 2.05) is 24.3 Å². The smallest absolute Gasteiger partial charge is 0.349 e. The highest BCUT2D eigenvalue weighted by Gasteiger charge is 2.19. The van der Waals surface area contributed by atoms with Gasteiger partial charge in [-0.15, -0.1) is 0 Å². The number of para-hydroxylation sites is 1. The Hall–Kier alpha value is -3.41. The Morgan fingerprint density at radius 1 is 1.08 bits per heavy atom. The Labute approximate surface area is 142 Å². The number of hydrogen-bond donors (Lipinski definition) is 1. The summed E-state index contributed by atoms with van der Waals surface area (Å²) in [6, 6.07) is 12.7.